The molecule has 2 aromatic carbocycles. The number of benzene rings is 2. The normalized spacial score (nSPS) is 17.4. The molecule has 1 unspecified atom stereocenters. The first kappa shape index (κ1) is 21.6. The first-order chi connectivity index (χ1) is 15.0. The molecule has 1 fully saturated rings. The number of likely N-dealkylation sites (tertiary alicyclic amines) is 1. The molecule has 5 nitrogen and oxygen atoms in total. The Balaban J connectivity index is 1.43. The van der Waals surface area contributed by atoms with Gasteiger partial charge in [0.05, 0.1) is 11.3 Å². The highest BCUT2D eigenvalue weighted by molar-refractivity contribution is 5.33. The Labute approximate surface area is 185 Å². The molecule has 5 heteroatoms. The maximum Gasteiger partial charge on any atom is 0.276 e. The lowest BCUT2D eigenvalue weighted by molar-refractivity contribution is 0.112. The smallest absolute Gasteiger partial charge is 0.276 e. The summed E-state index contributed by atoms with van der Waals surface area (Å²) in [6.45, 7) is 5.92. The molecule has 1 aromatic heterocycles. The molecule has 31 heavy (non-hydrogen) atoms. The number of likely N-dealkylation sites (N-methyl/N-ethyl adjacent to an activating group) is 1. The van der Waals surface area contributed by atoms with E-state index in [9.17, 15) is 4.79 Å². The molecule has 4 rings (SSSR count). The Morgan fingerprint density at radius 3 is 2.42 bits per heavy atom. The van der Waals surface area contributed by atoms with Crippen LogP contribution in [-0.4, -0.2) is 51.9 Å². The number of piperidine rings is 1. The second-order valence-electron chi connectivity index (χ2n) is 8.79. The van der Waals surface area contributed by atoms with Crippen LogP contribution in [-0.2, 0) is 20.0 Å². The molecule has 1 aliphatic heterocycles. The van der Waals surface area contributed by atoms with Crippen LogP contribution in [0.4, 0.5) is 0 Å². The van der Waals surface area contributed by atoms with Crippen LogP contribution in [0.25, 0.3) is 5.69 Å². The average molecular weight is 419 g/mol. The van der Waals surface area contributed by atoms with E-state index < -0.39 is 0 Å². The summed E-state index contributed by atoms with van der Waals surface area (Å²) in [7, 11) is 4.22. The molecule has 3 aromatic rings. The number of aromatic nitrogens is 2. The fourth-order valence-corrected chi connectivity index (χ4v) is 4.70. The molecule has 2 heterocycles. The van der Waals surface area contributed by atoms with Gasteiger partial charge >= 0.3 is 0 Å². The van der Waals surface area contributed by atoms with Crippen LogP contribution >= 0.6 is 0 Å². The Bertz CT molecular complexity index is 1040. The number of hydrogen-bond donors (Lipinski definition) is 0. The van der Waals surface area contributed by atoms with Gasteiger partial charge in [-0.25, -0.2) is 4.68 Å². The minimum absolute atomic E-state index is 0.103. The van der Waals surface area contributed by atoms with Crippen LogP contribution in [0.1, 0.15) is 29.7 Å². The van der Waals surface area contributed by atoms with Crippen molar-refractivity contribution in [2.75, 3.05) is 26.7 Å². The van der Waals surface area contributed by atoms with E-state index in [0.717, 1.165) is 49.5 Å². The fourth-order valence-electron chi connectivity index (χ4n) is 4.70. The SMILES string of the molecule is Cc1c(CN2CCCC(N(C)CCc3ccccc3)C2)c(=O)n(-c2ccccc2)n1C. The Morgan fingerprint density at radius 2 is 1.71 bits per heavy atom. The van der Waals surface area contributed by atoms with Gasteiger partial charge in [0.1, 0.15) is 0 Å². The Hall–Kier alpha value is -2.63. The average Bonchev–Trinajstić information content (AvgIpc) is 3.02. The van der Waals surface area contributed by atoms with Crippen LogP contribution < -0.4 is 5.56 Å². The second kappa shape index (κ2) is 9.67. The molecule has 1 aliphatic rings. The van der Waals surface area contributed by atoms with Gasteiger partial charge in [-0.3, -0.25) is 14.4 Å². The quantitative estimate of drug-likeness (QED) is 0.588. The van der Waals surface area contributed by atoms with Gasteiger partial charge in [0.25, 0.3) is 5.56 Å². The zero-order chi connectivity index (χ0) is 21.8. The molecular weight excluding hydrogens is 384 g/mol. The molecule has 0 radical (unpaired) electrons. The summed E-state index contributed by atoms with van der Waals surface area (Å²) in [5, 5.41) is 0. The van der Waals surface area contributed by atoms with Crippen molar-refractivity contribution < 1.29 is 0 Å². The lowest BCUT2D eigenvalue weighted by Crippen LogP contribution is -2.47. The molecule has 0 aliphatic carbocycles. The van der Waals surface area contributed by atoms with E-state index in [4.69, 9.17) is 0 Å². The maximum atomic E-state index is 13.3. The minimum atomic E-state index is 0.103. The summed E-state index contributed by atoms with van der Waals surface area (Å²) in [6, 6.07) is 21.2. The van der Waals surface area contributed by atoms with Gasteiger partial charge in [-0.05, 0) is 57.5 Å². The zero-order valence-corrected chi connectivity index (χ0v) is 19.0. The molecule has 1 atom stereocenters. The van der Waals surface area contributed by atoms with E-state index in [-0.39, 0.29) is 5.56 Å². The Kier molecular flexibility index (Phi) is 6.73. The van der Waals surface area contributed by atoms with Crippen molar-refractivity contribution in [1.82, 2.24) is 19.2 Å². The summed E-state index contributed by atoms with van der Waals surface area (Å²) in [5.74, 6) is 0. The molecule has 0 bridgehead atoms. The van der Waals surface area contributed by atoms with E-state index in [1.54, 1.807) is 4.68 Å². The number of nitrogens with zero attached hydrogens (tertiary/aromatic N) is 4. The second-order valence-corrected chi connectivity index (χ2v) is 8.79. The third-order valence-corrected chi connectivity index (χ3v) is 6.76. The summed E-state index contributed by atoms with van der Waals surface area (Å²) in [4.78, 5) is 18.2. The summed E-state index contributed by atoms with van der Waals surface area (Å²) >= 11 is 0. The van der Waals surface area contributed by atoms with Gasteiger partial charge < -0.3 is 4.90 Å². The zero-order valence-electron chi connectivity index (χ0n) is 19.0. The van der Waals surface area contributed by atoms with Crippen molar-refractivity contribution >= 4 is 0 Å². The lowest BCUT2D eigenvalue weighted by atomic mass is 10.0. The van der Waals surface area contributed by atoms with Gasteiger partial charge in [-0.15, -0.1) is 0 Å². The number of hydrogen-bond acceptors (Lipinski definition) is 3. The lowest BCUT2D eigenvalue weighted by Gasteiger charge is -2.37. The van der Waals surface area contributed by atoms with Crippen molar-refractivity contribution in [3.63, 3.8) is 0 Å². The first-order valence-electron chi connectivity index (χ1n) is 11.3. The maximum absolute atomic E-state index is 13.3. The highest BCUT2D eigenvalue weighted by Crippen LogP contribution is 2.19. The molecular formula is C26H34N4O. The van der Waals surface area contributed by atoms with Gasteiger partial charge in [-0.1, -0.05) is 48.5 Å². The van der Waals surface area contributed by atoms with Crippen molar-refractivity contribution in [2.24, 2.45) is 7.05 Å². The van der Waals surface area contributed by atoms with Crippen LogP contribution in [0.5, 0.6) is 0 Å². The molecule has 0 spiro atoms. The minimum Gasteiger partial charge on any atom is -0.302 e. The van der Waals surface area contributed by atoms with Gasteiger partial charge in [0.2, 0.25) is 0 Å². The van der Waals surface area contributed by atoms with Crippen LogP contribution in [0.3, 0.4) is 0 Å². The third kappa shape index (κ3) is 4.83. The summed E-state index contributed by atoms with van der Waals surface area (Å²) in [6.07, 6.45) is 3.48. The highest BCUT2D eigenvalue weighted by Gasteiger charge is 2.25. The molecule has 0 amide bonds. The van der Waals surface area contributed by atoms with Crippen LogP contribution in [0.2, 0.25) is 0 Å². The van der Waals surface area contributed by atoms with E-state index in [1.807, 2.05) is 42.1 Å². The van der Waals surface area contributed by atoms with E-state index in [1.165, 1.54) is 18.4 Å². The van der Waals surface area contributed by atoms with E-state index >= 15 is 0 Å². The standard InChI is InChI=1S/C26H34N4O/c1-21-25(26(31)30(28(21)3)23-13-8-5-9-14-23)20-29-17-10-15-24(19-29)27(2)18-16-22-11-6-4-7-12-22/h4-9,11-14,24H,10,15-20H2,1-3H3. The number of para-hydroxylation sites is 1. The van der Waals surface area contributed by atoms with Gasteiger partial charge in [0, 0.05) is 38.4 Å². The van der Waals surface area contributed by atoms with Crippen molar-refractivity contribution in [3.8, 4) is 5.69 Å². The predicted molar refractivity (Wildman–Crippen MR) is 127 cm³/mol. The third-order valence-electron chi connectivity index (χ3n) is 6.76. The number of rotatable bonds is 7. The molecule has 0 N–H and O–H groups in total. The largest absolute Gasteiger partial charge is 0.302 e. The summed E-state index contributed by atoms with van der Waals surface area (Å²) < 4.78 is 3.78. The predicted octanol–water partition coefficient (Wildman–Crippen LogP) is 3.62. The van der Waals surface area contributed by atoms with Crippen LogP contribution in [0, 0.1) is 6.92 Å². The monoisotopic (exact) mass is 418 g/mol. The summed E-state index contributed by atoms with van der Waals surface area (Å²) in [5.41, 5.74) is 4.38. The van der Waals surface area contributed by atoms with Crippen molar-refractivity contribution in [1.29, 1.82) is 0 Å². The van der Waals surface area contributed by atoms with Crippen LogP contribution in [0.15, 0.2) is 65.5 Å². The first-order valence-corrected chi connectivity index (χ1v) is 11.3. The fraction of sp³-hybridized carbons (Fsp3) is 0.423. The molecule has 164 valence electrons. The van der Waals surface area contributed by atoms with Crippen molar-refractivity contribution in [3.05, 3.63) is 87.8 Å². The van der Waals surface area contributed by atoms with Gasteiger partial charge in [-0.2, -0.15) is 0 Å². The topological polar surface area (TPSA) is 33.4 Å². The highest BCUT2D eigenvalue weighted by atomic mass is 16.1. The van der Waals surface area contributed by atoms with Crippen molar-refractivity contribution in [2.45, 2.75) is 38.8 Å². The van der Waals surface area contributed by atoms with Gasteiger partial charge in [0.15, 0.2) is 0 Å². The Morgan fingerprint density at radius 1 is 1.03 bits per heavy atom. The van der Waals surface area contributed by atoms with E-state index in [0.29, 0.717) is 6.04 Å². The molecule has 1 saturated heterocycles. The van der Waals surface area contributed by atoms with E-state index in [2.05, 4.69) is 54.1 Å². The molecule has 0 saturated carbocycles.